The highest BCUT2D eigenvalue weighted by Gasteiger charge is 2.28. The molecule has 3 amide bonds. The van der Waals surface area contributed by atoms with E-state index in [4.69, 9.17) is 5.73 Å². The Bertz CT molecular complexity index is 1820. The van der Waals surface area contributed by atoms with E-state index in [0.29, 0.717) is 52.7 Å². The van der Waals surface area contributed by atoms with Gasteiger partial charge in [0.25, 0.3) is 23.3 Å². The Labute approximate surface area is 286 Å². The van der Waals surface area contributed by atoms with Gasteiger partial charge in [-0.05, 0) is 64.6 Å². The molecule has 3 aromatic carbocycles. The summed E-state index contributed by atoms with van der Waals surface area (Å²) in [7, 11) is 3.31. The van der Waals surface area contributed by atoms with E-state index in [9.17, 15) is 23.6 Å². The van der Waals surface area contributed by atoms with Gasteiger partial charge in [0.1, 0.15) is 5.82 Å². The summed E-state index contributed by atoms with van der Waals surface area (Å²) in [6, 6.07) is 16.6. The lowest BCUT2D eigenvalue weighted by molar-refractivity contribution is 0.0532. The van der Waals surface area contributed by atoms with E-state index in [2.05, 4.69) is 38.1 Å². The van der Waals surface area contributed by atoms with Crippen LogP contribution < -0.4 is 16.6 Å². The molecule has 0 atom stereocenters. The van der Waals surface area contributed by atoms with Gasteiger partial charge in [0.2, 0.25) is 0 Å². The molecule has 0 unspecified atom stereocenters. The van der Waals surface area contributed by atoms with Crippen LogP contribution in [0.4, 0.5) is 4.39 Å². The molecule has 10 nitrogen and oxygen atoms in total. The quantitative estimate of drug-likeness (QED) is 0.118. The fraction of sp³-hybridized carbons (Fsp3) is 0.281. The van der Waals surface area contributed by atoms with Gasteiger partial charge in [-0.15, -0.1) is 0 Å². The molecule has 0 bridgehead atoms. The molecule has 5 rings (SSSR count). The fourth-order valence-corrected chi connectivity index (χ4v) is 7.56. The molecule has 4 N–H and O–H groups in total. The highest BCUT2D eigenvalue weighted by Crippen LogP contribution is 2.22. The maximum atomic E-state index is 14.9. The predicted octanol–water partition coefficient (Wildman–Crippen LogP) is 3.93. The lowest BCUT2D eigenvalue weighted by Crippen LogP contribution is -2.50. The van der Waals surface area contributed by atoms with E-state index in [1.807, 2.05) is 6.07 Å². The Balaban J connectivity index is 1.21. The zero-order chi connectivity index (χ0) is 32.6. The summed E-state index contributed by atoms with van der Waals surface area (Å²) in [5.74, 6) is 0.0150. The fourth-order valence-electron chi connectivity index (χ4n) is 5.13. The number of rotatable bonds is 11. The van der Waals surface area contributed by atoms with E-state index in [1.165, 1.54) is 17.0 Å². The molecular weight excluding hydrogens is 742 g/mol. The highest BCUT2D eigenvalue weighted by atomic mass is 127. The van der Waals surface area contributed by atoms with Crippen LogP contribution in [-0.4, -0.2) is 88.5 Å². The van der Waals surface area contributed by atoms with Crippen molar-refractivity contribution < 1.29 is 18.8 Å². The maximum absolute atomic E-state index is 14.9. The third kappa shape index (κ3) is 8.27. The van der Waals surface area contributed by atoms with Crippen molar-refractivity contribution in [3.8, 4) is 0 Å². The summed E-state index contributed by atoms with van der Waals surface area (Å²) in [5.41, 5.74) is 7.22. The van der Waals surface area contributed by atoms with Crippen LogP contribution >= 0.6 is 44.2 Å². The molecule has 1 fully saturated rings. The van der Waals surface area contributed by atoms with Gasteiger partial charge in [-0.3, -0.25) is 19.2 Å². The van der Waals surface area contributed by atoms with Crippen LogP contribution in [0.15, 0.2) is 65.5 Å². The molecule has 1 aromatic heterocycles. The first kappa shape index (κ1) is 33.9. The Morgan fingerprint density at radius 3 is 2.33 bits per heavy atom. The van der Waals surface area contributed by atoms with Gasteiger partial charge in [0.05, 0.1) is 16.6 Å². The molecule has 240 valence electrons. The minimum atomic E-state index is -0.635. The number of carbonyl (C=O) groups is 3. The second-order valence-corrected chi connectivity index (χ2v) is 14.5. The zero-order valence-corrected chi connectivity index (χ0v) is 28.6. The van der Waals surface area contributed by atoms with Gasteiger partial charge in [0.15, 0.2) is 0 Å². The number of nitrogens with zero attached hydrogens (tertiary/aromatic N) is 3. The molecule has 46 heavy (non-hydrogen) atoms. The topological polar surface area (TPSA) is 141 Å². The van der Waals surface area contributed by atoms with Crippen LogP contribution in [-0.2, 0) is 6.42 Å². The number of carbonyl (C=O) groups excluding carboxylic acids is 3. The number of hydrogen-bond acceptors (Lipinski definition) is 8. The summed E-state index contributed by atoms with van der Waals surface area (Å²) in [5, 5.41) is 10.8. The second kappa shape index (κ2) is 15.9. The SMILES string of the molecule is NCCSSCCNC(=O)c1cc(I)cc(C(=O)N2CCN(C(=O)c3cc(Cc4n[nH]c(=O)c5ccccc45)ccc3F)CC2)c1. The second-order valence-electron chi connectivity index (χ2n) is 10.5. The summed E-state index contributed by atoms with van der Waals surface area (Å²) < 4.78 is 15.7. The normalized spacial score (nSPS) is 13.2. The first-order chi connectivity index (χ1) is 22.2. The molecule has 4 aromatic rings. The lowest BCUT2D eigenvalue weighted by atomic mass is 10.0. The zero-order valence-electron chi connectivity index (χ0n) is 24.8. The number of H-pyrrole nitrogens is 1. The first-order valence-electron chi connectivity index (χ1n) is 14.6. The smallest absolute Gasteiger partial charge is 0.272 e. The van der Waals surface area contributed by atoms with Crippen molar-refractivity contribution in [1.29, 1.82) is 0 Å². The van der Waals surface area contributed by atoms with Gasteiger partial charge in [-0.2, -0.15) is 5.10 Å². The molecule has 1 aliphatic rings. The van der Waals surface area contributed by atoms with Crippen LogP contribution in [0, 0.1) is 9.39 Å². The van der Waals surface area contributed by atoms with Crippen LogP contribution in [0.25, 0.3) is 10.8 Å². The van der Waals surface area contributed by atoms with Crippen molar-refractivity contribution in [2.24, 2.45) is 5.73 Å². The van der Waals surface area contributed by atoms with E-state index in [0.717, 1.165) is 15.1 Å². The van der Waals surface area contributed by atoms with Crippen molar-refractivity contribution >= 4 is 72.7 Å². The number of nitrogens with two attached hydrogens (primary N) is 1. The lowest BCUT2D eigenvalue weighted by Gasteiger charge is -2.35. The molecule has 14 heteroatoms. The number of amides is 3. The van der Waals surface area contributed by atoms with Gasteiger partial charge < -0.3 is 20.9 Å². The van der Waals surface area contributed by atoms with Gasteiger partial charge in [0, 0.05) is 77.3 Å². The highest BCUT2D eigenvalue weighted by molar-refractivity contribution is 14.1. The molecule has 1 saturated heterocycles. The van der Waals surface area contributed by atoms with Crippen LogP contribution in [0.5, 0.6) is 0 Å². The number of hydrogen-bond donors (Lipinski definition) is 3. The van der Waals surface area contributed by atoms with Crippen LogP contribution in [0.1, 0.15) is 42.3 Å². The van der Waals surface area contributed by atoms with Gasteiger partial charge >= 0.3 is 0 Å². The van der Waals surface area contributed by atoms with Crippen molar-refractivity contribution in [2.75, 3.05) is 50.8 Å². The monoisotopic (exact) mass is 774 g/mol. The minimum Gasteiger partial charge on any atom is -0.351 e. The number of benzene rings is 3. The third-order valence-electron chi connectivity index (χ3n) is 7.42. The van der Waals surface area contributed by atoms with Crippen molar-refractivity contribution in [3.63, 3.8) is 0 Å². The number of halogens is 2. The van der Waals surface area contributed by atoms with E-state index in [1.54, 1.807) is 69.0 Å². The Morgan fingerprint density at radius 2 is 1.59 bits per heavy atom. The summed E-state index contributed by atoms with van der Waals surface area (Å²) >= 11 is 2.09. The van der Waals surface area contributed by atoms with Gasteiger partial charge in [-0.25, -0.2) is 9.49 Å². The Hall–Kier alpha value is -3.47. The molecule has 0 aliphatic carbocycles. The number of piperazine rings is 1. The summed E-state index contributed by atoms with van der Waals surface area (Å²) in [6.07, 6.45) is 0.294. The average Bonchev–Trinajstić information content (AvgIpc) is 3.07. The molecule has 2 heterocycles. The molecule has 1 aliphatic heterocycles. The minimum absolute atomic E-state index is 0.0596. The van der Waals surface area contributed by atoms with Crippen LogP contribution in [0.3, 0.4) is 0 Å². The standard InChI is InChI=1S/C32H32FIN6O4S2/c33-27-6-5-20(16-28-24-3-1-2-4-25(24)30(42)38-37-28)15-26(27)32(44)40-11-9-39(10-12-40)31(43)22-17-21(18-23(34)19-22)29(41)36-8-14-46-45-13-7-35/h1-6,15,17-19H,7-14,16,35H2,(H,36,41)(H,38,42). The van der Waals surface area contributed by atoms with Crippen molar-refractivity contribution in [1.82, 2.24) is 25.3 Å². The number of nitrogens with one attached hydrogen (secondary N) is 2. The van der Waals surface area contributed by atoms with E-state index >= 15 is 0 Å². The number of aromatic nitrogens is 2. The average molecular weight is 775 g/mol. The third-order valence-corrected chi connectivity index (χ3v) is 10.5. The predicted molar refractivity (Wildman–Crippen MR) is 189 cm³/mol. The molecule has 0 saturated carbocycles. The first-order valence-corrected chi connectivity index (χ1v) is 18.2. The van der Waals surface area contributed by atoms with Gasteiger partial charge in [-0.1, -0.05) is 45.9 Å². The molecule has 0 radical (unpaired) electrons. The van der Waals surface area contributed by atoms with E-state index in [-0.39, 0.29) is 49.1 Å². The number of aromatic amines is 1. The summed E-state index contributed by atoms with van der Waals surface area (Å²) in [6.45, 7) is 2.11. The van der Waals surface area contributed by atoms with E-state index < -0.39 is 11.7 Å². The molecule has 0 spiro atoms. The van der Waals surface area contributed by atoms with Crippen molar-refractivity contribution in [2.45, 2.75) is 6.42 Å². The Morgan fingerprint density at radius 1 is 0.913 bits per heavy atom. The molecular formula is C32H32FIN6O4S2. The maximum Gasteiger partial charge on any atom is 0.272 e. The number of fused-ring (bicyclic) bond motifs is 1. The summed E-state index contributed by atoms with van der Waals surface area (Å²) in [4.78, 5) is 54.9. The van der Waals surface area contributed by atoms with Crippen LogP contribution in [0.2, 0.25) is 0 Å². The Kier molecular flexibility index (Phi) is 11.7. The van der Waals surface area contributed by atoms with Crippen molar-refractivity contribution in [3.05, 3.63) is 108 Å². The largest absolute Gasteiger partial charge is 0.351 e.